The van der Waals surface area contributed by atoms with Crippen LogP contribution in [0, 0.1) is 11.8 Å². The van der Waals surface area contributed by atoms with Crippen molar-refractivity contribution in [2.75, 3.05) is 13.1 Å². The summed E-state index contributed by atoms with van der Waals surface area (Å²) in [4.78, 5) is 0.873. The summed E-state index contributed by atoms with van der Waals surface area (Å²) in [6.07, 6.45) is 1.39. The maximum absolute atomic E-state index is 12.5. The Labute approximate surface area is 117 Å². The molecule has 1 saturated heterocycles. The van der Waals surface area contributed by atoms with Crippen LogP contribution in [0.5, 0.6) is 0 Å². The molecule has 0 bridgehead atoms. The molecule has 19 heavy (non-hydrogen) atoms. The first-order chi connectivity index (χ1) is 9.02. The first-order valence-corrected chi connectivity index (χ1v) is 8.75. The van der Waals surface area contributed by atoms with Crippen molar-refractivity contribution >= 4 is 21.4 Å². The number of hydrogen-bond acceptors (Lipinski definition) is 5. The van der Waals surface area contributed by atoms with E-state index in [0.717, 1.165) is 17.7 Å². The molecule has 3 N–H and O–H groups in total. The van der Waals surface area contributed by atoms with Crippen LogP contribution in [0.3, 0.4) is 0 Å². The van der Waals surface area contributed by atoms with Gasteiger partial charge in [-0.05, 0) is 30.9 Å². The molecule has 0 radical (unpaired) electrons. The number of hydrogen-bond donors (Lipinski definition) is 2. The molecular weight excluding hydrogens is 284 g/mol. The van der Waals surface area contributed by atoms with E-state index in [1.54, 1.807) is 12.1 Å². The Kier molecular flexibility index (Phi) is 3.43. The zero-order valence-corrected chi connectivity index (χ0v) is 12.2. The summed E-state index contributed by atoms with van der Waals surface area (Å²) in [6, 6.07) is 3.40. The number of sulfonamides is 1. The van der Waals surface area contributed by atoms with Crippen molar-refractivity contribution in [1.82, 2.24) is 4.31 Å². The van der Waals surface area contributed by atoms with Crippen molar-refractivity contribution in [2.45, 2.75) is 29.7 Å². The van der Waals surface area contributed by atoms with Crippen LogP contribution in [-0.4, -0.2) is 37.0 Å². The van der Waals surface area contributed by atoms with Gasteiger partial charge >= 0.3 is 0 Å². The van der Waals surface area contributed by atoms with E-state index >= 15 is 0 Å². The Morgan fingerprint density at radius 1 is 1.37 bits per heavy atom. The monoisotopic (exact) mass is 302 g/mol. The highest BCUT2D eigenvalue weighted by Crippen LogP contribution is 2.40. The quantitative estimate of drug-likeness (QED) is 0.856. The van der Waals surface area contributed by atoms with E-state index in [-0.39, 0.29) is 12.0 Å². The largest absolute Gasteiger partial charge is 0.393 e. The fourth-order valence-electron chi connectivity index (χ4n) is 3.13. The maximum atomic E-state index is 12.5. The Hall–Kier alpha value is -0.470. The summed E-state index contributed by atoms with van der Waals surface area (Å²) >= 11 is 1.24. The molecule has 3 rings (SSSR count). The van der Waals surface area contributed by atoms with Crippen molar-refractivity contribution < 1.29 is 13.5 Å². The van der Waals surface area contributed by atoms with Gasteiger partial charge in [-0.2, -0.15) is 4.31 Å². The second kappa shape index (κ2) is 4.82. The number of nitrogens with zero attached hydrogens (tertiary/aromatic N) is 1. The lowest BCUT2D eigenvalue weighted by Crippen LogP contribution is -2.30. The van der Waals surface area contributed by atoms with Gasteiger partial charge in [-0.25, -0.2) is 8.42 Å². The highest BCUT2D eigenvalue weighted by molar-refractivity contribution is 7.91. The lowest BCUT2D eigenvalue weighted by Gasteiger charge is -2.17. The van der Waals surface area contributed by atoms with Gasteiger partial charge in [0.1, 0.15) is 4.21 Å². The highest BCUT2D eigenvalue weighted by Gasteiger charge is 2.45. The Bertz CT molecular complexity index is 569. The molecule has 5 nitrogen and oxygen atoms in total. The van der Waals surface area contributed by atoms with E-state index in [1.165, 1.54) is 15.6 Å². The topological polar surface area (TPSA) is 83.6 Å². The number of aliphatic hydroxyl groups is 1. The zero-order valence-electron chi connectivity index (χ0n) is 10.5. The molecular formula is C12H18N2O3S2. The molecule has 2 aliphatic rings. The zero-order chi connectivity index (χ0) is 13.6. The summed E-state index contributed by atoms with van der Waals surface area (Å²) in [5, 5.41) is 9.86. The SMILES string of the molecule is NCc1ccc(S(=O)(=O)N2CC3CCC(O)C3C2)s1. The summed E-state index contributed by atoms with van der Waals surface area (Å²) in [7, 11) is -3.41. The molecule has 3 unspecified atom stereocenters. The molecule has 1 aromatic heterocycles. The van der Waals surface area contributed by atoms with E-state index in [1.807, 2.05) is 0 Å². The van der Waals surface area contributed by atoms with Crippen LogP contribution in [0.15, 0.2) is 16.3 Å². The smallest absolute Gasteiger partial charge is 0.252 e. The van der Waals surface area contributed by atoms with Crippen LogP contribution in [0.1, 0.15) is 17.7 Å². The van der Waals surface area contributed by atoms with Gasteiger partial charge in [0.05, 0.1) is 6.10 Å². The summed E-state index contributed by atoms with van der Waals surface area (Å²) in [5.41, 5.74) is 5.52. The highest BCUT2D eigenvalue weighted by atomic mass is 32.2. The third-order valence-electron chi connectivity index (χ3n) is 4.22. The maximum Gasteiger partial charge on any atom is 0.252 e. The lowest BCUT2D eigenvalue weighted by atomic mass is 10.00. The molecule has 1 aliphatic heterocycles. The van der Waals surface area contributed by atoms with E-state index in [2.05, 4.69) is 0 Å². The first-order valence-electron chi connectivity index (χ1n) is 6.49. The van der Waals surface area contributed by atoms with Gasteiger partial charge in [-0.15, -0.1) is 11.3 Å². The van der Waals surface area contributed by atoms with Gasteiger partial charge in [0.2, 0.25) is 0 Å². The summed E-state index contributed by atoms with van der Waals surface area (Å²) < 4.78 is 26.9. The van der Waals surface area contributed by atoms with Gasteiger partial charge < -0.3 is 10.8 Å². The molecule has 0 aromatic carbocycles. The van der Waals surface area contributed by atoms with Crippen LogP contribution < -0.4 is 5.73 Å². The molecule has 1 aromatic rings. The average molecular weight is 302 g/mol. The number of thiophene rings is 1. The minimum Gasteiger partial charge on any atom is -0.393 e. The minimum absolute atomic E-state index is 0.115. The van der Waals surface area contributed by atoms with Gasteiger partial charge in [0, 0.05) is 30.4 Å². The van der Waals surface area contributed by atoms with Gasteiger partial charge in [-0.3, -0.25) is 0 Å². The number of nitrogens with two attached hydrogens (primary N) is 1. The van der Waals surface area contributed by atoms with E-state index in [9.17, 15) is 13.5 Å². The molecule has 0 amide bonds. The molecule has 106 valence electrons. The molecule has 3 atom stereocenters. The molecule has 2 fully saturated rings. The van der Waals surface area contributed by atoms with Gasteiger partial charge in [0.15, 0.2) is 0 Å². The van der Waals surface area contributed by atoms with Crippen LogP contribution in [0.2, 0.25) is 0 Å². The lowest BCUT2D eigenvalue weighted by molar-refractivity contribution is 0.129. The molecule has 2 heterocycles. The normalized spacial score (nSPS) is 31.8. The van der Waals surface area contributed by atoms with Gasteiger partial charge in [0.25, 0.3) is 10.0 Å². The predicted molar refractivity (Wildman–Crippen MR) is 73.2 cm³/mol. The van der Waals surface area contributed by atoms with E-state index in [0.29, 0.717) is 29.8 Å². The Morgan fingerprint density at radius 2 is 2.16 bits per heavy atom. The van der Waals surface area contributed by atoms with Crippen molar-refractivity contribution in [3.05, 3.63) is 17.0 Å². The summed E-state index contributed by atoms with van der Waals surface area (Å²) in [5.74, 6) is 0.433. The Balaban J connectivity index is 1.82. The molecule has 0 spiro atoms. The average Bonchev–Trinajstić information content (AvgIpc) is 3.06. The standard InChI is InChI=1S/C12H18N2O3S2/c13-5-9-2-4-12(18-9)19(16,17)14-6-8-1-3-11(15)10(8)7-14/h2,4,8,10-11,15H,1,3,5-7,13H2. The van der Waals surface area contributed by atoms with Crippen LogP contribution in [0.4, 0.5) is 0 Å². The van der Waals surface area contributed by atoms with Crippen LogP contribution in [0.25, 0.3) is 0 Å². The van der Waals surface area contributed by atoms with E-state index in [4.69, 9.17) is 5.73 Å². The van der Waals surface area contributed by atoms with Crippen molar-refractivity contribution in [1.29, 1.82) is 0 Å². The third kappa shape index (κ3) is 2.23. The second-order valence-electron chi connectivity index (χ2n) is 5.32. The van der Waals surface area contributed by atoms with Crippen molar-refractivity contribution in [3.63, 3.8) is 0 Å². The Morgan fingerprint density at radius 3 is 2.79 bits per heavy atom. The number of rotatable bonds is 3. The summed E-state index contributed by atoms with van der Waals surface area (Å²) in [6.45, 7) is 1.36. The second-order valence-corrected chi connectivity index (χ2v) is 8.65. The fourth-order valence-corrected chi connectivity index (χ4v) is 6.05. The van der Waals surface area contributed by atoms with Gasteiger partial charge in [-0.1, -0.05) is 0 Å². The molecule has 7 heteroatoms. The van der Waals surface area contributed by atoms with Crippen molar-refractivity contribution in [3.8, 4) is 0 Å². The number of aliphatic hydroxyl groups excluding tert-OH is 1. The van der Waals surface area contributed by atoms with Crippen LogP contribution in [-0.2, 0) is 16.6 Å². The van der Waals surface area contributed by atoms with Crippen molar-refractivity contribution in [2.24, 2.45) is 17.6 Å². The molecule has 1 aliphatic carbocycles. The van der Waals surface area contributed by atoms with E-state index < -0.39 is 10.0 Å². The first kappa shape index (κ1) is 13.5. The third-order valence-corrected chi connectivity index (χ3v) is 7.62. The molecule has 1 saturated carbocycles. The minimum atomic E-state index is -3.41. The van der Waals surface area contributed by atoms with Crippen LogP contribution >= 0.6 is 11.3 Å². The predicted octanol–water partition coefficient (Wildman–Crippen LogP) is 0.598. The fraction of sp³-hybridized carbons (Fsp3) is 0.667. The number of fused-ring (bicyclic) bond motifs is 1.